The highest BCUT2D eigenvalue weighted by Gasteiger charge is 2.35. The third kappa shape index (κ3) is 5.30. The molecule has 1 aromatic heterocycles. The van der Waals surface area contributed by atoms with Crippen molar-refractivity contribution < 1.29 is 0 Å². The smallest absolute Gasteiger partial charge is 0.160 e. The first-order valence-electron chi connectivity index (χ1n) is 19.5. The van der Waals surface area contributed by atoms with Gasteiger partial charge >= 0.3 is 0 Å². The van der Waals surface area contributed by atoms with Crippen LogP contribution in [0.5, 0.6) is 0 Å². The van der Waals surface area contributed by atoms with E-state index in [0.29, 0.717) is 0 Å². The lowest BCUT2D eigenvalue weighted by Gasteiger charge is -2.21. The fraction of sp³-hybridized carbons (Fsp3) is 0.0943. The molecular formula is C53H38N2S. The van der Waals surface area contributed by atoms with E-state index < -0.39 is 0 Å². The van der Waals surface area contributed by atoms with Gasteiger partial charge in [-0.15, -0.1) is 11.3 Å². The van der Waals surface area contributed by atoms with Crippen LogP contribution in [0, 0.1) is 0 Å². The van der Waals surface area contributed by atoms with Crippen molar-refractivity contribution in [3.05, 3.63) is 198 Å². The van der Waals surface area contributed by atoms with Crippen molar-refractivity contribution in [2.45, 2.75) is 32.1 Å². The Kier molecular flexibility index (Phi) is 7.55. The molecule has 266 valence electrons. The van der Waals surface area contributed by atoms with Crippen molar-refractivity contribution in [3.63, 3.8) is 0 Å². The molecule has 0 unspecified atom stereocenters. The number of hydrogen-bond acceptors (Lipinski definition) is 3. The number of rotatable bonds is 4. The van der Waals surface area contributed by atoms with Crippen LogP contribution >= 0.6 is 11.3 Å². The van der Waals surface area contributed by atoms with Crippen LogP contribution in [0.1, 0.15) is 54.5 Å². The normalized spacial score (nSPS) is 15.9. The summed E-state index contributed by atoms with van der Waals surface area (Å²) in [6.07, 6.45) is 3.95. The van der Waals surface area contributed by atoms with Crippen LogP contribution in [0.4, 0.5) is 0 Å². The molecular weight excluding hydrogens is 697 g/mol. The Balaban J connectivity index is 1.05. The maximum Gasteiger partial charge on any atom is 0.160 e. The predicted octanol–water partition coefficient (Wildman–Crippen LogP) is 14.4. The van der Waals surface area contributed by atoms with Gasteiger partial charge in [0.05, 0.1) is 11.4 Å². The van der Waals surface area contributed by atoms with E-state index >= 15 is 0 Å². The monoisotopic (exact) mass is 734 g/mol. The zero-order valence-corrected chi connectivity index (χ0v) is 32.2. The largest absolute Gasteiger partial charge is 0.232 e. The third-order valence-corrected chi connectivity index (χ3v) is 13.1. The van der Waals surface area contributed by atoms with E-state index in [1.54, 1.807) is 0 Å². The van der Waals surface area contributed by atoms with E-state index in [1.807, 2.05) is 11.3 Å². The van der Waals surface area contributed by atoms with E-state index in [2.05, 4.69) is 184 Å². The van der Waals surface area contributed by atoms with Crippen LogP contribution < -0.4 is 0 Å². The number of thiophene rings is 1. The average molecular weight is 735 g/mol. The Morgan fingerprint density at radius 1 is 0.482 bits per heavy atom. The first-order chi connectivity index (χ1) is 27.5. The van der Waals surface area contributed by atoms with Crippen molar-refractivity contribution >= 4 is 70.3 Å². The van der Waals surface area contributed by atoms with Gasteiger partial charge in [-0.25, -0.2) is 9.98 Å². The maximum absolute atomic E-state index is 5.46. The summed E-state index contributed by atoms with van der Waals surface area (Å²) in [5.74, 6) is 0.741. The highest BCUT2D eigenvalue weighted by Crippen LogP contribution is 2.50. The minimum absolute atomic E-state index is 0.00110. The fourth-order valence-corrected chi connectivity index (χ4v) is 10.3. The molecule has 56 heavy (non-hydrogen) atoms. The van der Waals surface area contributed by atoms with Gasteiger partial charge in [0.15, 0.2) is 5.84 Å². The molecule has 1 aliphatic carbocycles. The Hall–Kier alpha value is -6.42. The quantitative estimate of drug-likeness (QED) is 0.172. The molecule has 0 radical (unpaired) electrons. The van der Waals surface area contributed by atoms with Gasteiger partial charge in [-0.3, -0.25) is 0 Å². The lowest BCUT2D eigenvalue weighted by atomic mass is 9.82. The van der Waals surface area contributed by atoms with Crippen LogP contribution in [0.25, 0.3) is 69.7 Å². The predicted molar refractivity (Wildman–Crippen MR) is 241 cm³/mol. The lowest BCUT2D eigenvalue weighted by molar-refractivity contribution is 0.660. The van der Waals surface area contributed by atoms with Crippen molar-refractivity contribution in [2.75, 3.05) is 0 Å². The molecule has 2 aliphatic rings. The number of fused-ring (bicyclic) bond motifs is 9. The fourth-order valence-electron chi connectivity index (χ4n) is 9.12. The number of benzene rings is 8. The summed E-state index contributed by atoms with van der Waals surface area (Å²) in [5, 5.41) is 7.57. The standard InChI is InChI=1S/C53H38N2S/c1-53(2)45-20-11-10-18-40(45)42-30-36(25-27-46(42)53)37-26-28-49-44(31-37)51-41-19-9-8-17-39(41)43(32-50(51)56-49)48-22-12-21-47(54-52(55-48)34-14-4-3-5-15-34)38-24-23-33-13-6-7-16-35(33)29-38/h3-11,13-21,23-32H,12,22H2,1-2H3/b47-21-,54-52?,55-48?. The summed E-state index contributed by atoms with van der Waals surface area (Å²) < 4.78 is 2.58. The number of hydrogen-bond donors (Lipinski definition) is 0. The molecule has 2 heterocycles. The summed E-state index contributed by atoms with van der Waals surface area (Å²) in [5.41, 5.74) is 13.4. The van der Waals surface area contributed by atoms with Crippen LogP contribution in [0.3, 0.4) is 0 Å². The molecule has 0 bridgehead atoms. The van der Waals surface area contributed by atoms with E-state index in [1.165, 1.54) is 80.7 Å². The average Bonchev–Trinajstić information content (AvgIpc) is 3.72. The van der Waals surface area contributed by atoms with Gasteiger partial charge in [0, 0.05) is 42.3 Å². The Morgan fingerprint density at radius 3 is 2.09 bits per heavy atom. The van der Waals surface area contributed by atoms with Crippen molar-refractivity contribution in [1.29, 1.82) is 0 Å². The molecule has 3 heteroatoms. The second-order valence-electron chi connectivity index (χ2n) is 15.6. The topological polar surface area (TPSA) is 24.7 Å². The number of aliphatic imine (C=N–C) groups is 2. The summed E-state index contributed by atoms with van der Waals surface area (Å²) in [6.45, 7) is 4.69. The third-order valence-electron chi connectivity index (χ3n) is 12.0. The van der Waals surface area contributed by atoms with E-state index in [9.17, 15) is 0 Å². The summed E-state index contributed by atoms with van der Waals surface area (Å²) >= 11 is 1.88. The van der Waals surface area contributed by atoms with E-state index in [-0.39, 0.29) is 5.41 Å². The Bertz CT molecular complexity index is 3160. The van der Waals surface area contributed by atoms with Crippen LogP contribution in [-0.4, -0.2) is 11.5 Å². The molecule has 0 saturated carbocycles. The molecule has 2 nitrogen and oxygen atoms in total. The zero-order chi connectivity index (χ0) is 37.4. The van der Waals surface area contributed by atoms with Gasteiger partial charge in [0.2, 0.25) is 0 Å². The van der Waals surface area contributed by atoms with Crippen molar-refractivity contribution in [1.82, 2.24) is 0 Å². The highest BCUT2D eigenvalue weighted by atomic mass is 32.1. The second kappa shape index (κ2) is 12.8. The second-order valence-corrected chi connectivity index (χ2v) is 16.7. The van der Waals surface area contributed by atoms with Gasteiger partial charge in [0.1, 0.15) is 0 Å². The molecule has 0 fully saturated rings. The molecule has 0 atom stereocenters. The van der Waals surface area contributed by atoms with Crippen LogP contribution in [-0.2, 0) is 5.41 Å². The van der Waals surface area contributed by atoms with Crippen molar-refractivity contribution in [3.8, 4) is 22.3 Å². The van der Waals surface area contributed by atoms with Gasteiger partial charge in [-0.2, -0.15) is 0 Å². The molecule has 9 aromatic rings. The molecule has 0 saturated heterocycles. The minimum atomic E-state index is -0.00110. The Labute approximate surface area is 330 Å². The van der Waals surface area contributed by atoms with Gasteiger partial charge in [-0.05, 0) is 98.1 Å². The molecule has 0 spiro atoms. The van der Waals surface area contributed by atoms with E-state index in [4.69, 9.17) is 9.98 Å². The van der Waals surface area contributed by atoms with Crippen LogP contribution in [0.15, 0.2) is 180 Å². The van der Waals surface area contributed by atoms with Gasteiger partial charge in [-0.1, -0.05) is 153 Å². The number of nitrogens with zero attached hydrogens (tertiary/aromatic N) is 2. The van der Waals surface area contributed by atoms with Crippen molar-refractivity contribution in [2.24, 2.45) is 9.98 Å². The molecule has 0 N–H and O–H groups in total. The summed E-state index contributed by atoms with van der Waals surface area (Å²) in [7, 11) is 0. The lowest BCUT2D eigenvalue weighted by Crippen LogP contribution is -2.14. The summed E-state index contributed by atoms with van der Waals surface area (Å²) in [6, 6.07) is 59.9. The van der Waals surface area contributed by atoms with Gasteiger partial charge < -0.3 is 0 Å². The summed E-state index contributed by atoms with van der Waals surface area (Å²) in [4.78, 5) is 10.8. The van der Waals surface area contributed by atoms with Crippen LogP contribution in [0.2, 0.25) is 0 Å². The minimum Gasteiger partial charge on any atom is -0.232 e. The zero-order valence-electron chi connectivity index (χ0n) is 31.4. The maximum atomic E-state index is 5.46. The first-order valence-corrected chi connectivity index (χ1v) is 20.4. The first kappa shape index (κ1) is 33.0. The Morgan fingerprint density at radius 2 is 1.20 bits per heavy atom. The van der Waals surface area contributed by atoms with Gasteiger partial charge in [0.25, 0.3) is 0 Å². The highest BCUT2D eigenvalue weighted by molar-refractivity contribution is 7.26. The number of amidine groups is 1. The molecule has 1 aliphatic heterocycles. The molecule has 0 amide bonds. The number of allylic oxidation sites excluding steroid dienone is 1. The molecule has 11 rings (SSSR count). The SMILES string of the molecule is CC1(C)c2ccccc2-c2cc(-c3ccc4sc5cc(C6=NC(c7ccccc7)=N/C(c7ccc8ccccc8c7)=C\CC6)c6ccccc6c5c4c3)ccc21. The molecule has 8 aromatic carbocycles. The van der Waals surface area contributed by atoms with E-state index in [0.717, 1.165) is 41.2 Å².